The molecule has 7 nitrogen and oxygen atoms in total. The van der Waals surface area contributed by atoms with Gasteiger partial charge in [0, 0.05) is 38.8 Å². The second-order valence-electron chi connectivity index (χ2n) is 8.67. The van der Waals surface area contributed by atoms with Crippen molar-refractivity contribution in [3.05, 3.63) is 110 Å². The molecule has 1 amide bonds. The Morgan fingerprint density at radius 2 is 1.43 bits per heavy atom. The van der Waals surface area contributed by atoms with Crippen LogP contribution < -0.4 is 16.0 Å². The van der Waals surface area contributed by atoms with Crippen molar-refractivity contribution in [1.29, 1.82) is 0 Å². The topological polar surface area (TPSA) is 67.5 Å². The van der Waals surface area contributed by atoms with Gasteiger partial charge in [0.15, 0.2) is 0 Å². The molecule has 8 heteroatoms. The number of hydrogen-bond acceptors (Lipinski definition) is 4. The number of benzene rings is 3. The Labute approximate surface area is 201 Å². The minimum Gasteiger partial charge on any atom is -0.366 e. The van der Waals surface area contributed by atoms with Crippen LogP contribution in [0, 0.1) is 5.82 Å². The molecule has 2 heterocycles. The van der Waals surface area contributed by atoms with Crippen molar-refractivity contribution in [2.45, 2.75) is 6.54 Å². The number of anilines is 1. The van der Waals surface area contributed by atoms with Gasteiger partial charge in [-0.3, -0.25) is 19.0 Å². The van der Waals surface area contributed by atoms with E-state index >= 15 is 0 Å². The Hall–Kier alpha value is -4.20. The normalized spacial score (nSPS) is 13.9. The predicted octanol–water partition coefficient (Wildman–Crippen LogP) is 2.85. The highest BCUT2D eigenvalue weighted by Gasteiger charge is 2.23. The Morgan fingerprint density at radius 3 is 2.11 bits per heavy atom. The molecule has 5 rings (SSSR count). The quantitative estimate of drug-likeness (QED) is 0.429. The number of rotatable bonds is 4. The van der Waals surface area contributed by atoms with Crippen molar-refractivity contribution in [2.75, 3.05) is 31.1 Å². The highest BCUT2D eigenvalue weighted by molar-refractivity contribution is 5.94. The molecule has 1 aliphatic rings. The molecule has 1 saturated heterocycles. The number of piperazine rings is 1. The van der Waals surface area contributed by atoms with E-state index in [1.807, 2.05) is 41.3 Å². The summed E-state index contributed by atoms with van der Waals surface area (Å²) < 4.78 is 16.9. The SMILES string of the molecule is Cn1c(=O)c(=O)n(Cc2ccc(C(=O)N3CCN(c4ccccc4F)CC3)cc2)c2ccccc21. The first-order chi connectivity index (χ1) is 16.9. The number of hydrogen-bond donors (Lipinski definition) is 0. The highest BCUT2D eigenvalue weighted by Crippen LogP contribution is 2.21. The zero-order valence-corrected chi connectivity index (χ0v) is 19.4. The molecule has 1 fully saturated rings. The molecule has 0 atom stereocenters. The van der Waals surface area contributed by atoms with E-state index < -0.39 is 11.1 Å². The highest BCUT2D eigenvalue weighted by atomic mass is 19.1. The lowest BCUT2D eigenvalue weighted by Gasteiger charge is -2.36. The minimum atomic E-state index is -0.584. The van der Waals surface area contributed by atoms with Crippen LogP contribution in [0.5, 0.6) is 0 Å². The van der Waals surface area contributed by atoms with Crippen LogP contribution in [0.25, 0.3) is 11.0 Å². The van der Waals surface area contributed by atoms with Crippen molar-refractivity contribution in [3.63, 3.8) is 0 Å². The fraction of sp³-hybridized carbons (Fsp3) is 0.222. The third kappa shape index (κ3) is 4.23. The fourth-order valence-corrected chi connectivity index (χ4v) is 4.59. The van der Waals surface area contributed by atoms with Crippen LogP contribution in [0.1, 0.15) is 15.9 Å². The predicted molar refractivity (Wildman–Crippen MR) is 134 cm³/mol. The van der Waals surface area contributed by atoms with Crippen LogP contribution in [0.3, 0.4) is 0 Å². The van der Waals surface area contributed by atoms with Gasteiger partial charge < -0.3 is 14.4 Å². The van der Waals surface area contributed by atoms with Gasteiger partial charge in [-0.2, -0.15) is 0 Å². The maximum atomic E-state index is 14.1. The van der Waals surface area contributed by atoms with Crippen molar-refractivity contribution >= 4 is 22.6 Å². The van der Waals surface area contributed by atoms with Crippen molar-refractivity contribution < 1.29 is 9.18 Å². The van der Waals surface area contributed by atoms with E-state index in [4.69, 9.17) is 0 Å². The molecular formula is C27H25FN4O3. The Bertz CT molecular complexity index is 1520. The summed E-state index contributed by atoms with van der Waals surface area (Å²) in [5.74, 6) is -0.341. The monoisotopic (exact) mass is 472 g/mol. The number of carbonyl (C=O) groups is 1. The van der Waals surface area contributed by atoms with Crippen LogP contribution >= 0.6 is 0 Å². The standard InChI is InChI=1S/C27H25FN4O3/c1-29-23-8-4-5-9-24(23)32(27(35)26(29)34)18-19-10-12-20(13-11-19)25(33)31-16-14-30(15-17-31)22-7-3-2-6-21(22)28/h2-13H,14-18H2,1H3. The van der Waals surface area contributed by atoms with Crippen LogP contribution in [0.15, 0.2) is 82.4 Å². The molecule has 35 heavy (non-hydrogen) atoms. The molecule has 0 saturated carbocycles. The van der Waals surface area contributed by atoms with E-state index in [2.05, 4.69) is 0 Å². The van der Waals surface area contributed by atoms with E-state index in [0.717, 1.165) is 5.56 Å². The minimum absolute atomic E-state index is 0.0825. The summed E-state index contributed by atoms with van der Waals surface area (Å²) in [4.78, 5) is 41.8. The first-order valence-corrected chi connectivity index (χ1v) is 11.5. The number of carbonyl (C=O) groups excluding carboxylic acids is 1. The van der Waals surface area contributed by atoms with Gasteiger partial charge in [-0.25, -0.2) is 4.39 Å². The van der Waals surface area contributed by atoms with Gasteiger partial charge in [-0.1, -0.05) is 36.4 Å². The van der Waals surface area contributed by atoms with E-state index in [1.54, 1.807) is 42.3 Å². The number of aromatic nitrogens is 2. The van der Waals surface area contributed by atoms with Crippen LogP contribution in [-0.4, -0.2) is 46.1 Å². The van der Waals surface area contributed by atoms with E-state index in [0.29, 0.717) is 48.5 Å². The second-order valence-corrected chi connectivity index (χ2v) is 8.67. The molecule has 3 aromatic carbocycles. The van der Waals surface area contributed by atoms with E-state index in [-0.39, 0.29) is 18.3 Å². The van der Waals surface area contributed by atoms with Crippen molar-refractivity contribution in [3.8, 4) is 0 Å². The van der Waals surface area contributed by atoms with Crippen LogP contribution in [-0.2, 0) is 13.6 Å². The lowest BCUT2D eigenvalue weighted by atomic mass is 10.1. The number of halogens is 1. The van der Waals surface area contributed by atoms with Gasteiger partial charge in [0.2, 0.25) is 0 Å². The van der Waals surface area contributed by atoms with Crippen LogP contribution in [0.2, 0.25) is 0 Å². The number of para-hydroxylation sites is 3. The summed E-state index contributed by atoms with van der Waals surface area (Å²) in [5, 5.41) is 0. The average Bonchev–Trinajstić information content (AvgIpc) is 2.90. The third-order valence-corrected chi connectivity index (χ3v) is 6.57. The Balaban J connectivity index is 1.31. The lowest BCUT2D eigenvalue weighted by Crippen LogP contribution is -2.49. The Kier molecular flexibility index (Phi) is 5.94. The summed E-state index contributed by atoms with van der Waals surface area (Å²) in [6.07, 6.45) is 0. The third-order valence-electron chi connectivity index (χ3n) is 6.57. The zero-order chi connectivity index (χ0) is 24.5. The Morgan fingerprint density at radius 1 is 0.800 bits per heavy atom. The largest absolute Gasteiger partial charge is 0.366 e. The molecule has 1 aromatic heterocycles. The molecule has 0 unspecified atom stereocenters. The van der Waals surface area contributed by atoms with Gasteiger partial charge in [0.25, 0.3) is 5.91 Å². The summed E-state index contributed by atoms with van der Waals surface area (Å²) >= 11 is 0. The first kappa shape index (κ1) is 22.6. The summed E-state index contributed by atoms with van der Waals surface area (Å²) in [6, 6.07) is 21.0. The molecule has 178 valence electrons. The molecule has 0 bridgehead atoms. The molecular weight excluding hydrogens is 447 g/mol. The zero-order valence-electron chi connectivity index (χ0n) is 19.4. The molecule has 1 aliphatic heterocycles. The number of aryl methyl sites for hydroxylation is 1. The van der Waals surface area contributed by atoms with Crippen LogP contribution in [0.4, 0.5) is 10.1 Å². The maximum Gasteiger partial charge on any atom is 0.317 e. The lowest BCUT2D eigenvalue weighted by molar-refractivity contribution is 0.0746. The van der Waals surface area contributed by atoms with E-state index in [9.17, 15) is 18.8 Å². The maximum absolute atomic E-state index is 14.1. The summed E-state index contributed by atoms with van der Waals surface area (Å²) in [7, 11) is 1.59. The van der Waals surface area contributed by atoms with Crippen molar-refractivity contribution in [1.82, 2.24) is 14.0 Å². The molecule has 0 N–H and O–H groups in total. The molecule has 0 spiro atoms. The average molecular weight is 473 g/mol. The molecule has 4 aromatic rings. The fourth-order valence-electron chi connectivity index (χ4n) is 4.59. The molecule has 0 radical (unpaired) electrons. The van der Waals surface area contributed by atoms with Gasteiger partial charge >= 0.3 is 11.1 Å². The van der Waals surface area contributed by atoms with Gasteiger partial charge in [-0.15, -0.1) is 0 Å². The second kappa shape index (κ2) is 9.21. The number of fused-ring (bicyclic) bond motifs is 1. The smallest absolute Gasteiger partial charge is 0.317 e. The van der Waals surface area contributed by atoms with E-state index in [1.165, 1.54) is 15.2 Å². The van der Waals surface area contributed by atoms with Gasteiger partial charge in [-0.05, 0) is 42.0 Å². The van der Waals surface area contributed by atoms with Gasteiger partial charge in [0.1, 0.15) is 5.82 Å². The number of amides is 1. The van der Waals surface area contributed by atoms with Crippen molar-refractivity contribution in [2.24, 2.45) is 7.05 Å². The first-order valence-electron chi connectivity index (χ1n) is 11.5. The molecule has 0 aliphatic carbocycles. The summed E-state index contributed by atoms with van der Waals surface area (Å²) in [5.41, 5.74) is 2.11. The summed E-state index contributed by atoms with van der Waals surface area (Å²) in [6.45, 7) is 2.35. The van der Waals surface area contributed by atoms with Gasteiger partial charge in [0.05, 0.1) is 23.3 Å². The number of nitrogens with zero attached hydrogens (tertiary/aromatic N) is 4.